The van der Waals surface area contributed by atoms with Gasteiger partial charge >= 0.3 is 0 Å². The molecule has 0 spiro atoms. The molecule has 0 bridgehead atoms. The maximum Gasteiger partial charge on any atom is 0.251 e. The van der Waals surface area contributed by atoms with Crippen LogP contribution in [0.2, 0.25) is 0 Å². The van der Waals surface area contributed by atoms with Gasteiger partial charge in [-0.1, -0.05) is 19.1 Å². The molecular weight excluding hydrogens is 306 g/mol. The molecule has 0 saturated heterocycles. The third-order valence-corrected chi connectivity index (χ3v) is 3.73. The van der Waals surface area contributed by atoms with E-state index in [-0.39, 0.29) is 17.9 Å². The van der Waals surface area contributed by atoms with E-state index < -0.39 is 0 Å². The Bertz CT molecular complexity index is 652. The second-order valence-corrected chi connectivity index (χ2v) is 5.66. The van der Waals surface area contributed by atoms with Gasteiger partial charge in [-0.15, -0.1) is 0 Å². The second-order valence-electron chi connectivity index (χ2n) is 5.66. The molecule has 2 amide bonds. The average Bonchev–Trinajstić information content (AvgIpc) is 3.12. The summed E-state index contributed by atoms with van der Waals surface area (Å²) in [6.07, 6.45) is 4.26. The first kappa shape index (κ1) is 17.7. The van der Waals surface area contributed by atoms with Crippen LogP contribution in [0.1, 0.15) is 42.6 Å². The van der Waals surface area contributed by atoms with Crippen molar-refractivity contribution in [1.29, 1.82) is 0 Å². The summed E-state index contributed by atoms with van der Waals surface area (Å²) in [4.78, 5) is 27.6. The summed E-state index contributed by atoms with van der Waals surface area (Å²) < 4.78 is 1.62. The van der Waals surface area contributed by atoms with Gasteiger partial charge in [0.15, 0.2) is 0 Å². The molecule has 0 radical (unpaired) electrons. The van der Waals surface area contributed by atoms with Gasteiger partial charge < -0.3 is 10.6 Å². The Morgan fingerprint density at radius 3 is 2.62 bits per heavy atom. The zero-order valence-electron chi connectivity index (χ0n) is 14.0. The van der Waals surface area contributed by atoms with Crippen LogP contribution in [0.15, 0.2) is 36.9 Å². The molecule has 1 aromatic carbocycles. The highest BCUT2D eigenvalue weighted by atomic mass is 16.2. The number of aromatic nitrogens is 3. The van der Waals surface area contributed by atoms with Crippen molar-refractivity contribution in [2.24, 2.45) is 0 Å². The normalized spacial score (nSPS) is 11.8. The zero-order chi connectivity index (χ0) is 17.4. The number of nitrogens with one attached hydrogen (secondary N) is 2. The van der Waals surface area contributed by atoms with E-state index in [9.17, 15) is 9.59 Å². The van der Waals surface area contributed by atoms with E-state index in [0.717, 1.165) is 12.0 Å². The van der Waals surface area contributed by atoms with E-state index in [4.69, 9.17) is 0 Å². The Morgan fingerprint density at radius 1 is 1.25 bits per heavy atom. The number of carbonyl (C=O) groups is 2. The minimum absolute atomic E-state index is 0.0518. The molecule has 0 aliphatic carbocycles. The van der Waals surface area contributed by atoms with Crippen molar-refractivity contribution in [2.75, 3.05) is 0 Å². The van der Waals surface area contributed by atoms with Crippen molar-refractivity contribution in [3.8, 4) is 0 Å². The number of rotatable bonds is 8. The lowest BCUT2D eigenvalue weighted by molar-refractivity contribution is -0.121. The van der Waals surface area contributed by atoms with Gasteiger partial charge in [0.25, 0.3) is 5.91 Å². The molecule has 1 atom stereocenters. The molecule has 7 heteroatoms. The molecule has 7 nitrogen and oxygen atoms in total. The van der Waals surface area contributed by atoms with Crippen LogP contribution in [0.3, 0.4) is 0 Å². The van der Waals surface area contributed by atoms with E-state index >= 15 is 0 Å². The molecule has 1 heterocycles. The van der Waals surface area contributed by atoms with Crippen LogP contribution in [0.4, 0.5) is 0 Å². The lowest BCUT2D eigenvalue weighted by Crippen LogP contribution is -2.31. The molecule has 2 N–H and O–H groups in total. The largest absolute Gasteiger partial charge is 0.352 e. The van der Waals surface area contributed by atoms with Crippen molar-refractivity contribution in [1.82, 2.24) is 25.4 Å². The first-order valence-corrected chi connectivity index (χ1v) is 8.07. The summed E-state index contributed by atoms with van der Waals surface area (Å²) in [5, 5.41) is 9.72. The highest BCUT2D eigenvalue weighted by Crippen LogP contribution is 2.05. The predicted molar refractivity (Wildman–Crippen MR) is 90.1 cm³/mol. The van der Waals surface area contributed by atoms with Gasteiger partial charge in [0.1, 0.15) is 12.7 Å². The summed E-state index contributed by atoms with van der Waals surface area (Å²) >= 11 is 0. The van der Waals surface area contributed by atoms with Gasteiger partial charge in [-0.3, -0.25) is 14.3 Å². The van der Waals surface area contributed by atoms with E-state index in [2.05, 4.69) is 20.7 Å². The Balaban J connectivity index is 1.76. The number of amides is 2. The zero-order valence-corrected chi connectivity index (χ0v) is 14.0. The summed E-state index contributed by atoms with van der Waals surface area (Å²) in [6.45, 7) is 4.94. The van der Waals surface area contributed by atoms with E-state index in [1.54, 1.807) is 23.1 Å². The Labute approximate surface area is 141 Å². The van der Waals surface area contributed by atoms with Crippen LogP contribution in [0.25, 0.3) is 0 Å². The molecule has 24 heavy (non-hydrogen) atoms. The standard InChI is InChI=1S/C17H23N5O2/c1-3-13(2)21-17(24)15-6-4-14(5-7-15)10-19-16(23)8-9-22-12-18-11-20-22/h4-7,11-13H,3,8-10H2,1-2H3,(H,19,23)(H,21,24)/t13-/m0/s1. The molecule has 128 valence electrons. The number of hydrogen-bond acceptors (Lipinski definition) is 4. The number of benzene rings is 1. The third kappa shape index (κ3) is 5.49. The second kappa shape index (κ2) is 8.81. The molecule has 1 aromatic heterocycles. The number of carbonyl (C=O) groups excluding carboxylic acids is 2. The van der Waals surface area contributed by atoms with E-state index in [1.807, 2.05) is 26.0 Å². The van der Waals surface area contributed by atoms with Crippen LogP contribution in [-0.2, 0) is 17.9 Å². The quantitative estimate of drug-likeness (QED) is 0.768. The summed E-state index contributed by atoms with van der Waals surface area (Å²) in [6, 6.07) is 7.40. The van der Waals surface area contributed by atoms with Crippen LogP contribution < -0.4 is 10.6 Å². The number of aryl methyl sites for hydroxylation is 1. The summed E-state index contributed by atoms with van der Waals surface area (Å²) in [7, 11) is 0. The molecule has 0 aliphatic heterocycles. The first-order valence-electron chi connectivity index (χ1n) is 8.07. The Hall–Kier alpha value is -2.70. The van der Waals surface area contributed by atoms with E-state index in [0.29, 0.717) is 25.1 Å². The van der Waals surface area contributed by atoms with Crippen LogP contribution in [-0.4, -0.2) is 32.6 Å². The first-order chi connectivity index (χ1) is 11.6. The lowest BCUT2D eigenvalue weighted by Gasteiger charge is -2.11. The number of nitrogens with zero attached hydrogens (tertiary/aromatic N) is 3. The van der Waals surface area contributed by atoms with Gasteiger partial charge in [-0.05, 0) is 31.0 Å². The predicted octanol–water partition coefficient (Wildman–Crippen LogP) is 1.51. The fourth-order valence-electron chi connectivity index (χ4n) is 2.04. The van der Waals surface area contributed by atoms with Crippen LogP contribution in [0, 0.1) is 0 Å². The van der Waals surface area contributed by atoms with Gasteiger partial charge in [-0.2, -0.15) is 5.10 Å². The molecule has 2 aromatic rings. The number of hydrogen-bond donors (Lipinski definition) is 2. The molecule has 0 aliphatic rings. The Kier molecular flexibility index (Phi) is 6.48. The van der Waals surface area contributed by atoms with E-state index in [1.165, 1.54) is 6.33 Å². The molecule has 0 fully saturated rings. The molecule has 2 rings (SSSR count). The minimum Gasteiger partial charge on any atom is -0.352 e. The van der Waals surface area contributed by atoms with Crippen molar-refractivity contribution in [3.05, 3.63) is 48.0 Å². The maximum atomic E-state index is 12.0. The molecular formula is C17H23N5O2. The minimum atomic E-state index is -0.0761. The summed E-state index contributed by atoms with van der Waals surface area (Å²) in [5.74, 6) is -0.128. The van der Waals surface area contributed by atoms with Crippen molar-refractivity contribution >= 4 is 11.8 Å². The van der Waals surface area contributed by atoms with Crippen LogP contribution >= 0.6 is 0 Å². The topological polar surface area (TPSA) is 88.9 Å². The fourth-order valence-corrected chi connectivity index (χ4v) is 2.04. The van der Waals surface area contributed by atoms with Crippen LogP contribution in [0.5, 0.6) is 0 Å². The average molecular weight is 329 g/mol. The smallest absolute Gasteiger partial charge is 0.251 e. The lowest BCUT2D eigenvalue weighted by atomic mass is 10.1. The highest BCUT2D eigenvalue weighted by molar-refractivity contribution is 5.94. The van der Waals surface area contributed by atoms with Gasteiger partial charge in [0.2, 0.25) is 5.91 Å². The van der Waals surface area contributed by atoms with Crippen molar-refractivity contribution < 1.29 is 9.59 Å². The highest BCUT2D eigenvalue weighted by Gasteiger charge is 2.08. The molecule has 0 saturated carbocycles. The Morgan fingerprint density at radius 2 is 2.00 bits per heavy atom. The third-order valence-electron chi connectivity index (χ3n) is 3.73. The van der Waals surface area contributed by atoms with Gasteiger partial charge in [-0.25, -0.2) is 4.98 Å². The monoisotopic (exact) mass is 329 g/mol. The van der Waals surface area contributed by atoms with Crippen molar-refractivity contribution in [2.45, 2.75) is 45.8 Å². The van der Waals surface area contributed by atoms with Gasteiger partial charge in [0, 0.05) is 24.6 Å². The summed E-state index contributed by atoms with van der Waals surface area (Å²) in [5.41, 5.74) is 1.57. The fraction of sp³-hybridized carbons (Fsp3) is 0.412. The molecule has 0 unspecified atom stereocenters. The SMILES string of the molecule is CC[C@H](C)NC(=O)c1ccc(CNC(=O)CCn2cncn2)cc1. The van der Waals surface area contributed by atoms with Crippen molar-refractivity contribution in [3.63, 3.8) is 0 Å². The van der Waals surface area contributed by atoms with Gasteiger partial charge in [0.05, 0.1) is 6.54 Å². The maximum absolute atomic E-state index is 12.0.